The van der Waals surface area contributed by atoms with Crippen LogP contribution >= 0.6 is 11.6 Å². The van der Waals surface area contributed by atoms with E-state index >= 15 is 0 Å². The number of hydrogen-bond acceptors (Lipinski definition) is 1. The van der Waals surface area contributed by atoms with Crippen molar-refractivity contribution in [2.75, 3.05) is 0 Å². The van der Waals surface area contributed by atoms with Crippen molar-refractivity contribution in [2.24, 2.45) is 5.92 Å². The zero-order chi connectivity index (χ0) is 12.0. The van der Waals surface area contributed by atoms with Crippen molar-refractivity contribution < 1.29 is 9.90 Å². The van der Waals surface area contributed by atoms with Gasteiger partial charge in [0.25, 0.3) is 0 Å². The summed E-state index contributed by atoms with van der Waals surface area (Å²) in [5.41, 5.74) is 2.85. The van der Waals surface area contributed by atoms with Gasteiger partial charge in [-0.3, -0.25) is 4.79 Å². The number of halogens is 1. The van der Waals surface area contributed by atoms with Crippen molar-refractivity contribution in [1.82, 2.24) is 0 Å². The van der Waals surface area contributed by atoms with E-state index in [1.807, 2.05) is 12.1 Å². The molecule has 17 heavy (non-hydrogen) atoms. The molecule has 2 aliphatic carbocycles. The number of aliphatic carboxylic acids is 1. The highest BCUT2D eigenvalue weighted by atomic mass is 35.5. The molecule has 2 aliphatic rings. The Morgan fingerprint density at radius 2 is 2.24 bits per heavy atom. The van der Waals surface area contributed by atoms with Crippen LogP contribution in [0.25, 0.3) is 0 Å². The van der Waals surface area contributed by atoms with Gasteiger partial charge in [-0.1, -0.05) is 17.7 Å². The quantitative estimate of drug-likeness (QED) is 0.873. The van der Waals surface area contributed by atoms with Crippen LogP contribution in [0.15, 0.2) is 18.2 Å². The fourth-order valence-electron chi connectivity index (χ4n) is 3.40. The highest BCUT2D eigenvalue weighted by Gasteiger charge is 2.53. The maximum Gasteiger partial charge on any atom is 0.303 e. The van der Waals surface area contributed by atoms with Crippen molar-refractivity contribution in [1.29, 1.82) is 0 Å². The lowest BCUT2D eigenvalue weighted by Gasteiger charge is -2.33. The van der Waals surface area contributed by atoms with Crippen molar-refractivity contribution >= 4 is 17.6 Å². The van der Waals surface area contributed by atoms with Gasteiger partial charge in [0, 0.05) is 11.4 Å². The number of rotatable bonds is 2. The number of aryl methyl sites for hydroxylation is 1. The van der Waals surface area contributed by atoms with E-state index in [0.29, 0.717) is 12.3 Å². The molecule has 1 atom stereocenters. The zero-order valence-electron chi connectivity index (χ0n) is 9.58. The minimum absolute atomic E-state index is 0.163. The summed E-state index contributed by atoms with van der Waals surface area (Å²) in [6.45, 7) is 0. The molecule has 1 unspecified atom stereocenters. The molecule has 0 heterocycles. The molecule has 0 aromatic heterocycles. The lowest BCUT2D eigenvalue weighted by Crippen LogP contribution is -2.29. The Bertz CT molecular complexity index is 477. The first kappa shape index (κ1) is 11.1. The molecule has 2 nitrogen and oxygen atoms in total. The molecule has 1 spiro atoms. The van der Waals surface area contributed by atoms with Crippen LogP contribution in [0.2, 0.25) is 5.02 Å². The molecule has 0 aliphatic heterocycles. The van der Waals surface area contributed by atoms with Crippen LogP contribution in [0.5, 0.6) is 0 Å². The van der Waals surface area contributed by atoms with Crippen LogP contribution in [-0.2, 0) is 16.6 Å². The van der Waals surface area contributed by atoms with Gasteiger partial charge in [0.05, 0.1) is 0 Å². The first-order valence-corrected chi connectivity index (χ1v) is 6.50. The van der Waals surface area contributed by atoms with Gasteiger partial charge in [-0.15, -0.1) is 0 Å². The van der Waals surface area contributed by atoms with Crippen molar-refractivity contribution in [3.05, 3.63) is 34.3 Å². The Morgan fingerprint density at radius 3 is 2.88 bits per heavy atom. The first-order chi connectivity index (χ1) is 8.12. The average molecular weight is 251 g/mol. The van der Waals surface area contributed by atoms with Gasteiger partial charge in [0.15, 0.2) is 0 Å². The third-order valence-electron chi connectivity index (χ3n) is 4.36. The molecule has 1 saturated carbocycles. The summed E-state index contributed by atoms with van der Waals surface area (Å²) >= 11 is 6.02. The Labute approximate surface area is 106 Å². The van der Waals surface area contributed by atoms with Gasteiger partial charge in [0.1, 0.15) is 0 Å². The molecular weight excluding hydrogens is 236 g/mol. The summed E-state index contributed by atoms with van der Waals surface area (Å²) in [7, 11) is 0. The van der Waals surface area contributed by atoms with E-state index in [-0.39, 0.29) is 5.41 Å². The summed E-state index contributed by atoms with van der Waals surface area (Å²) in [5.74, 6) is -0.354. The van der Waals surface area contributed by atoms with Crippen molar-refractivity contribution in [3.8, 4) is 0 Å². The molecule has 1 fully saturated rings. The van der Waals surface area contributed by atoms with Crippen LogP contribution in [-0.4, -0.2) is 11.1 Å². The number of benzene rings is 1. The molecule has 0 amide bonds. The number of carboxylic acids is 1. The van der Waals surface area contributed by atoms with Crippen molar-refractivity contribution in [3.63, 3.8) is 0 Å². The minimum atomic E-state index is -0.668. The lowest BCUT2D eigenvalue weighted by molar-refractivity contribution is -0.138. The van der Waals surface area contributed by atoms with E-state index in [2.05, 4.69) is 6.07 Å². The van der Waals surface area contributed by atoms with E-state index in [0.717, 1.165) is 30.7 Å². The molecule has 3 rings (SSSR count). The van der Waals surface area contributed by atoms with E-state index in [4.69, 9.17) is 16.7 Å². The Kier molecular flexibility index (Phi) is 2.44. The van der Waals surface area contributed by atoms with E-state index in [1.165, 1.54) is 11.1 Å². The van der Waals surface area contributed by atoms with E-state index in [9.17, 15) is 4.79 Å². The summed E-state index contributed by atoms with van der Waals surface area (Å²) in [5, 5.41) is 9.78. The van der Waals surface area contributed by atoms with Crippen LogP contribution in [0.3, 0.4) is 0 Å². The monoisotopic (exact) mass is 250 g/mol. The standard InChI is InChI=1S/C14H15ClO2/c15-11-3-4-12-9(7-11)1-2-10(8-13(16)17)14(12)5-6-14/h3-4,7,10H,1-2,5-6,8H2,(H,16,17). The first-order valence-electron chi connectivity index (χ1n) is 6.12. The van der Waals surface area contributed by atoms with Gasteiger partial charge < -0.3 is 5.11 Å². The maximum atomic E-state index is 10.9. The van der Waals surface area contributed by atoms with E-state index in [1.54, 1.807) is 0 Å². The third kappa shape index (κ3) is 1.75. The molecule has 0 radical (unpaired) electrons. The molecule has 0 bridgehead atoms. The summed E-state index contributed by atoms with van der Waals surface area (Å²) in [6.07, 6.45) is 4.54. The summed E-state index contributed by atoms with van der Waals surface area (Å²) in [4.78, 5) is 10.9. The number of fused-ring (bicyclic) bond motifs is 2. The minimum Gasteiger partial charge on any atom is -0.481 e. The van der Waals surface area contributed by atoms with Gasteiger partial charge in [0.2, 0.25) is 0 Å². The molecule has 90 valence electrons. The predicted octanol–water partition coefficient (Wildman–Crippen LogP) is 3.41. The van der Waals surface area contributed by atoms with Crippen LogP contribution in [0, 0.1) is 5.92 Å². The highest BCUT2D eigenvalue weighted by Crippen LogP contribution is 2.59. The third-order valence-corrected chi connectivity index (χ3v) is 4.59. The smallest absolute Gasteiger partial charge is 0.303 e. The summed E-state index contributed by atoms with van der Waals surface area (Å²) in [6, 6.07) is 6.09. The fourth-order valence-corrected chi connectivity index (χ4v) is 3.60. The number of carbonyl (C=O) groups is 1. The second kappa shape index (κ2) is 3.74. The number of carboxylic acid groups (broad SMARTS) is 1. The largest absolute Gasteiger partial charge is 0.481 e. The highest BCUT2D eigenvalue weighted by molar-refractivity contribution is 6.30. The SMILES string of the molecule is O=C(O)CC1CCc2cc(Cl)ccc2C12CC2. The van der Waals surface area contributed by atoms with Gasteiger partial charge >= 0.3 is 5.97 Å². The van der Waals surface area contributed by atoms with Crippen LogP contribution in [0.1, 0.15) is 36.8 Å². The van der Waals surface area contributed by atoms with Gasteiger partial charge in [-0.2, -0.15) is 0 Å². The van der Waals surface area contributed by atoms with E-state index < -0.39 is 5.97 Å². The molecule has 1 aromatic carbocycles. The number of hydrogen-bond donors (Lipinski definition) is 1. The van der Waals surface area contributed by atoms with Crippen molar-refractivity contribution in [2.45, 2.75) is 37.5 Å². The van der Waals surface area contributed by atoms with Gasteiger partial charge in [-0.05, 0) is 60.3 Å². The van der Waals surface area contributed by atoms with Gasteiger partial charge in [-0.25, -0.2) is 0 Å². The lowest BCUT2D eigenvalue weighted by atomic mass is 9.71. The molecule has 0 saturated heterocycles. The Balaban J connectivity index is 1.98. The molecule has 1 N–H and O–H groups in total. The summed E-state index contributed by atoms with van der Waals surface area (Å²) < 4.78 is 0. The second-order valence-electron chi connectivity index (χ2n) is 5.29. The van der Waals surface area contributed by atoms with Crippen LogP contribution in [0.4, 0.5) is 0 Å². The fraction of sp³-hybridized carbons (Fsp3) is 0.500. The molecule has 3 heteroatoms. The topological polar surface area (TPSA) is 37.3 Å². The predicted molar refractivity (Wildman–Crippen MR) is 66.4 cm³/mol. The van der Waals surface area contributed by atoms with Crippen LogP contribution < -0.4 is 0 Å². The average Bonchev–Trinajstić information content (AvgIpc) is 3.03. The molecular formula is C14H15ClO2. The Hall–Kier alpha value is -1.02. The zero-order valence-corrected chi connectivity index (χ0v) is 10.3. The molecule has 1 aromatic rings. The second-order valence-corrected chi connectivity index (χ2v) is 5.73. The Morgan fingerprint density at radius 1 is 1.47 bits per heavy atom. The normalized spacial score (nSPS) is 24.4. The maximum absolute atomic E-state index is 10.9.